The van der Waals surface area contributed by atoms with E-state index in [-0.39, 0.29) is 17.2 Å². The Labute approximate surface area is 218 Å². The van der Waals surface area contributed by atoms with E-state index < -0.39 is 30.0 Å². The maximum atomic E-state index is 15.0. The van der Waals surface area contributed by atoms with Crippen molar-refractivity contribution >= 4 is 28.6 Å². The fraction of sp³-hybridized carbons (Fsp3) is 0.400. The second kappa shape index (κ2) is 11.3. The van der Waals surface area contributed by atoms with Gasteiger partial charge in [-0.15, -0.1) is 0 Å². The van der Waals surface area contributed by atoms with Crippen LogP contribution >= 0.6 is 0 Å². The number of anilines is 2. The predicted molar refractivity (Wildman–Crippen MR) is 128 cm³/mol. The van der Waals surface area contributed by atoms with Crippen LogP contribution in [0.5, 0.6) is 0 Å². The Kier molecular flexibility index (Phi) is 8.08. The number of piperidine rings is 1. The molecule has 0 spiro atoms. The number of benzene rings is 1. The number of nitriles is 1. The molecule has 1 aliphatic heterocycles. The van der Waals surface area contributed by atoms with Crippen molar-refractivity contribution in [2.45, 2.75) is 44.1 Å². The molecule has 1 saturated carbocycles. The Hall–Kier alpha value is -4.15. The number of carboxylic acid groups (broad SMARTS) is 1. The van der Waals surface area contributed by atoms with Gasteiger partial charge in [0.05, 0.1) is 11.7 Å². The Morgan fingerprint density at radius 1 is 1.10 bits per heavy atom. The molecule has 0 radical (unpaired) electrons. The van der Waals surface area contributed by atoms with E-state index in [0.717, 1.165) is 25.0 Å². The van der Waals surface area contributed by atoms with E-state index in [0.29, 0.717) is 54.6 Å². The first-order chi connectivity index (χ1) is 18.5. The molecule has 14 heteroatoms. The number of nitrogens with zero attached hydrogens (tertiary/aromatic N) is 5. The van der Waals surface area contributed by atoms with Gasteiger partial charge in [-0.1, -0.05) is 6.07 Å². The largest absolute Gasteiger partial charge is 0.490 e. The Bertz CT molecular complexity index is 1400. The summed E-state index contributed by atoms with van der Waals surface area (Å²) in [6.07, 6.45) is -1.90. The van der Waals surface area contributed by atoms with Gasteiger partial charge in [-0.05, 0) is 37.7 Å². The first kappa shape index (κ1) is 27.9. The lowest BCUT2D eigenvalue weighted by atomic mass is 9.88. The predicted octanol–water partition coefficient (Wildman–Crippen LogP) is 5.31. The number of nitrogens with one attached hydrogen (secondary N) is 1. The van der Waals surface area contributed by atoms with Gasteiger partial charge in [0, 0.05) is 36.8 Å². The molecule has 3 aromatic rings. The first-order valence-corrected chi connectivity index (χ1v) is 11.9. The van der Waals surface area contributed by atoms with Crippen LogP contribution in [0.25, 0.3) is 11.0 Å². The molecule has 39 heavy (non-hydrogen) atoms. The molecule has 2 aromatic heterocycles. The van der Waals surface area contributed by atoms with Crippen molar-refractivity contribution in [3.05, 3.63) is 53.4 Å². The minimum absolute atomic E-state index is 0.0918. The minimum Gasteiger partial charge on any atom is -0.475 e. The summed E-state index contributed by atoms with van der Waals surface area (Å²) in [6.45, 7) is 1.08. The summed E-state index contributed by atoms with van der Waals surface area (Å²) in [5.74, 6) is -3.35. The van der Waals surface area contributed by atoms with E-state index in [2.05, 4.69) is 15.2 Å². The number of pyridine rings is 1. The molecular weight excluding hydrogens is 530 g/mol. The number of rotatable bonds is 5. The zero-order valence-corrected chi connectivity index (χ0v) is 20.2. The fourth-order valence-corrected chi connectivity index (χ4v) is 4.13. The molecule has 1 aliphatic carbocycles. The third kappa shape index (κ3) is 6.84. The maximum Gasteiger partial charge on any atom is 0.490 e. The average Bonchev–Trinajstić information content (AvgIpc) is 3.71. The number of hydrogen-bond donors (Lipinski definition) is 2. The molecule has 3 heterocycles. The third-order valence-electron chi connectivity index (χ3n) is 6.32. The number of aliphatic carboxylic acids is 1. The van der Waals surface area contributed by atoms with E-state index in [1.165, 1.54) is 12.3 Å². The summed E-state index contributed by atoms with van der Waals surface area (Å²) in [4.78, 5) is 24.5. The molecule has 1 saturated heterocycles. The number of carbonyl (C=O) groups is 1. The van der Waals surface area contributed by atoms with Gasteiger partial charge < -0.3 is 15.3 Å². The topological polar surface area (TPSA) is 115 Å². The van der Waals surface area contributed by atoms with Crippen molar-refractivity contribution in [1.82, 2.24) is 15.0 Å². The highest BCUT2D eigenvalue weighted by molar-refractivity contribution is 5.81. The lowest BCUT2D eigenvalue weighted by molar-refractivity contribution is -0.192. The van der Waals surface area contributed by atoms with Gasteiger partial charge in [0.1, 0.15) is 35.1 Å². The van der Waals surface area contributed by atoms with Crippen LogP contribution < -0.4 is 10.2 Å². The quantitative estimate of drug-likeness (QED) is 0.410. The molecule has 1 aromatic carbocycles. The monoisotopic (exact) mass is 552 g/mol. The van der Waals surface area contributed by atoms with Gasteiger partial charge >= 0.3 is 12.1 Å². The highest BCUT2D eigenvalue weighted by Crippen LogP contribution is 2.38. The summed E-state index contributed by atoms with van der Waals surface area (Å²) in [6, 6.07) is 6.99. The molecule has 2 N–H and O–H groups in total. The summed E-state index contributed by atoms with van der Waals surface area (Å²) >= 11 is 0. The smallest absolute Gasteiger partial charge is 0.475 e. The van der Waals surface area contributed by atoms with Crippen LogP contribution in [0.1, 0.15) is 43.1 Å². The normalized spacial score (nSPS) is 16.7. The van der Waals surface area contributed by atoms with Gasteiger partial charge in [-0.3, -0.25) is 0 Å². The van der Waals surface area contributed by atoms with Crippen molar-refractivity contribution in [3.63, 3.8) is 0 Å². The Morgan fingerprint density at radius 3 is 2.33 bits per heavy atom. The van der Waals surface area contributed by atoms with E-state index in [1.54, 1.807) is 6.07 Å². The molecular formula is C25H22F6N6O2. The van der Waals surface area contributed by atoms with E-state index in [4.69, 9.17) is 25.1 Å². The standard InChI is InChI=1S/C23H21F3N6.C2HF3O2/c24-14-1-4-17(18(25)9-14)21(26)13-5-7-32(8-6-13)23-22(29-15-2-3-15)30-19-10-16(11-27)28-12-20(19)31-23;3-2(4,5)1(6)7/h1,4,9-10,12-13,15,21H,2-3,5-8H2,(H,29,30);(H,6,7)/t21-;/m1./s1. The zero-order valence-electron chi connectivity index (χ0n) is 20.2. The van der Waals surface area contributed by atoms with Crippen molar-refractivity contribution in [2.75, 3.05) is 23.3 Å². The fourth-order valence-electron chi connectivity index (χ4n) is 4.13. The first-order valence-electron chi connectivity index (χ1n) is 11.9. The van der Waals surface area contributed by atoms with E-state index in [9.17, 15) is 22.0 Å². The molecule has 5 rings (SSSR count). The van der Waals surface area contributed by atoms with Crippen LogP contribution in [-0.2, 0) is 4.79 Å². The van der Waals surface area contributed by atoms with Crippen LogP contribution in [-0.4, -0.2) is 51.3 Å². The lowest BCUT2D eigenvalue weighted by Gasteiger charge is -2.35. The van der Waals surface area contributed by atoms with Crippen molar-refractivity contribution in [3.8, 4) is 6.07 Å². The average molecular weight is 552 g/mol. The summed E-state index contributed by atoms with van der Waals surface area (Å²) < 4.78 is 74.0. The molecule has 206 valence electrons. The van der Waals surface area contributed by atoms with Crippen LogP contribution in [0.3, 0.4) is 0 Å². The maximum absolute atomic E-state index is 15.0. The van der Waals surface area contributed by atoms with Crippen LogP contribution in [0.4, 0.5) is 38.0 Å². The highest BCUT2D eigenvalue weighted by Gasteiger charge is 2.38. The summed E-state index contributed by atoms with van der Waals surface area (Å²) in [7, 11) is 0. The molecule has 0 bridgehead atoms. The number of alkyl halides is 4. The third-order valence-corrected chi connectivity index (χ3v) is 6.32. The lowest BCUT2D eigenvalue weighted by Crippen LogP contribution is -2.36. The SMILES string of the molecule is N#Cc1cc2nc(NC3CC3)c(N3CCC([C@@H](F)c4ccc(F)cc4F)CC3)nc2cn1.O=C(O)C(F)(F)F. The minimum atomic E-state index is -5.08. The van der Waals surface area contributed by atoms with Crippen LogP contribution in [0.15, 0.2) is 30.5 Å². The molecule has 1 atom stereocenters. The Balaban J connectivity index is 0.000000448. The second-order valence-electron chi connectivity index (χ2n) is 9.18. The van der Waals surface area contributed by atoms with Gasteiger partial charge in [0.2, 0.25) is 0 Å². The number of halogens is 6. The number of fused-ring (bicyclic) bond motifs is 1. The zero-order chi connectivity index (χ0) is 28.3. The summed E-state index contributed by atoms with van der Waals surface area (Å²) in [5, 5.41) is 19.6. The highest BCUT2D eigenvalue weighted by atomic mass is 19.4. The molecule has 0 unspecified atom stereocenters. The van der Waals surface area contributed by atoms with Gasteiger partial charge in [0.15, 0.2) is 11.6 Å². The number of carboxylic acids is 1. The molecule has 2 aliphatic rings. The van der Waals surface area contributed by atoms with Crippen LogP contribution in [0, 0.1) is 28.9 Å². The van der Waals surface area contributed by atoms with Crippen molar-refractivity contribution in [1.29, 1.82) is 5.26 Å². The summed E-state index contributed by atoms with van der Waals surface area (Å²) in [5.41, 5.74) is 1.36. The van der Waals surface area contributed by atoms with E-state index in [1.807, 2.05) is 6.07 Å². The van der Waals surface area contributed by atoms with Gasteiger partial charge in [0.25, 0.3) is 0 Å². The second-order valence-corrected chi connectivity index (χ2v) is 9.18. The van der Waals surface area contributed by atoms with Crippen molar-refractivity contribution < 1.29 is 36.2 Å². The van der Waals surface area contributed by atoms with E-state index >= 15 is 4.39 Å². The molecule has 8 nitrogen and oxygen atoms in total. The Morgan fingerprint density at radius 2 is 1.77 bits per heavy atom. The van der Waals surface area contributed by atoms with Crippen LogP contribution in [0.2, 0.25) is 0 Å². The van der Waals surface area contributed by atoms with Crippen molar-refractivity contribution in [2.24, 2.45) is 5.92 Å². The van der Waals surface area contributed by atoms with Gasteiger partial charge in [-0.2, -0.15) is 18.4 Å². The number of hydrogen-bond acceptors (Lipinski definition) is 7. The number of aromatic nitrogens is 3. The molecule has 0 amide bonds. The molecule has 2 fully saturated rings. The van der Waals surface area contributed by atoms with Gasteiger partial charge in [-0.25, -0.2) is 32.9 Å².